The first-order valence-corrected chi connectivity index (χ1v) is 5.84. The number of carbonyl (C=O) groups excluding carboxylic acids is 1. The molecule has 0 aliphatic heterocycles. The summed E-state index contributed by atoms with van der Waals surface area (Å²) in [6.07, 6.45) is 1.64. The van der Waals surface area contributed by atoms with Gasteiger partial charge in [0.1, 0.15) is 5.75 Å². The zero-order valence-electron chi connectivity index (χ0n) is 10.6. The number of rotatable bonds is 4. The molecule has 0 radical (unpaired) electrons. The highest BCUT2D eigenvalue weighted by Crippen LogP contribution is 2.13. The van der Waals surface area contributed by atoms with E-state index in [1.54, 1.807) is 42.6 Å². The summed E-state index contributed by atoms with van der Waals surface area (Å²) in [5.74, 6) is 0.387. The Kier molecular flexibility index (Phi) is 3.97. The molecule has 0 spiro atoms. The summed E-state index contributed by atoms with van der Waals surface area (Å²) >= 11 is 0. The first kappa shape index (κ1) is 12.9. The fraction of sp³-hybridized carbons (Fsp3) is 0.143. The minimum atomic E-state index is -0.220. The smallest absolute Gasteiger partial charge is 0.262 e. The lowest BCUT2D eigenvalue weighted by atomic mass is 10.3. The molecule has 0 aliphatic carbocycles. The number of hydrogen-bond acceptors (Lipinski definition) is 4. The van der Waals surface area contributed by atoms with E-state index < -0.39 is 0 Å². The number of anilines is 2. The maximum atomic E-state index is 11.7. The first-order chi connectivity index (χ1) is 9.13. The molecular weight excluding hydrogens is 242 g/mol. The Balaban J connectivity index is 1.86. The van der Waals surface area contributed by atoms with E-state index in [0.29, 0.717) is 17.1 Å². The van der Waals surface area contributed by atoms with Gasteiger partial charge < -0.3 is 15.8 Å². The molecule has 0 bridgehead atoms. The third-order valence-electron chi connectivity index (χ3n) is 2.43. The average molecular weight is 257 g/mol. The van der Waals surface area contributed by atoms with Gasteiger partial charge in [-0.1, -0.05) is 0 Å². The normalized spacial score (nSPS) is 9.95. The Bertz CT molecular complexity index is 567. The molecule has 0 unspecified atom stereocenters. The number of ether oxygens (including phenoxy) is 1. The lowest BCUT2D eigenvalue weighted by Crippen LogP contribution is -2.20. The molecule has 3 N–H and O–H groups in total. The number of nitrogens with zero attached hydrogens (tertiary/aromatic N) is 1. The van der Waals surface area contributed by atoms with Crippen molar-refractivity contribution in [2.75, 3.05) is 17.7 Å². The van der Waals surface area contributed by atoms with E-state index in [9.17, 15) is 4.79 Å². The van der Waals surface area contributed by atoms with Crippen LogP contribution in [0.3, 0.4) is 0 Å². The highest BCUT2D eigenvalue weighted by molar-refractivity contribution is 5.91. The Morgan fingerprint density at radius 3 is 2.74 bits per heavy atom. The lowest BCUT2D eigenvalue weighted by molar-refractivity contribution is -0.118. The van der Waals surface area contributed by atoms with Gasteiger partial charge in [0.25, 0.3) is 5.91 Å². The molecule has 0 saturated carbocycles. The summed E-state index contributed by atoms with van der Waals surface area (Å²) in [5.41, 5.74) is 7.77. The van der Waals surface area contributed by atoms with Gasteiger partial charge >= 0.3 is 0 Å². The number of aromatic nitrogens is 1. The van der Waals surface area contributed by atoms with E-state index in [1.807, 2.05) is 6.92 Å². The van der Waals surface area contributed by atoms with E-state index in [4.69, 9.17) is 10.5 Å². The predicted octanol–water partition coefficient (Wildman–Crippen LogP) is 1.99. The van der Waals surface area contributed by atoms with Gasteiger partial charge in [-0.15, -0.1) is 0 Å². The highest BCUT2D eigenvalue weighted by atomic mass is 16.5. The molecule has 1 aromatic heterocycles. The molecule has 0 fully saturated rings. The van der Waals surface area contributed by atoms with Crippen molar-refractivity contribution in [3.8, 4) is 5.75 Å². The Morgan fingerprint density at radius 1 is 1.32 bits per heavy atom. The van der Waals surface area contributed by atoms with E-state index in [1.165, 1.54) is 0 Å². The van der Waals surface area contributed by atoms with Crippen LogP contribution in [0.5, 0.6) is 5.75 Å². The average Bonchev–Trinajstić information content (AvgIpc) is 2.38. The largest absolute Gasteiger partial charge is 0.484 e. The summed E-state index contributed by atoms with van der Waals surface area (Å²) < 4.78 is 5.34. The second-order valence-corrected chi connectivity index (χ2v) is 4.09. The van der Waals surface area contributed by atoms with E-state index >= 15 is 0 Å². The van der Waals surface area contributed by atoms with Crippen molar-refractivity contribution in [1.29, 1.82) is 0 Å². The highest BCUT2D eigenvalue weighted by Gasteiger charge is 2.04. The second-order valence-electron chi connectivity index (χ2n) is 4.09. The third kappa shape index (κ3) is 3.99. The van der Waals surface area contributed by atoms with Crippen molar-refractivity contribution in [3.63, 3.8) is 0 Å². The van der Waals surface area contributed by atoms with Crippen LogP contribution in [0, 0.1) is 6.92 Å². The molecular formula is C14H15N3O2. The van der Waals surface area contributed by atoms with E-state index in [-0.39, 0.29) is 12.5 Å². The fourth-order valence-corrected chi connectivity index (χ4v) is 1.53. The maximum Gasteiger partial charge on any atom is 0.262 e. The molecule has 1 aromatic carbocycles. The predicted molar refractivity (Wildman–Crippen MR) is 74.0 cm³/mol. The minimum Gasteiger partial charge on any atom is -0.484 e. The number of nitrogens with two attached hydrogens (primary N) is 1. The molecule has 98 valence electrons. The van der Waals surface area contributed by atoms with Crippen LogP contribution in [0.4, 0.5) is 11.4 Å². The van der Waals surface area contributed by atoms with Crippen LogP contribution in [0.2, 0.25) is 0 Å². The standard InChI is InChI=1S/C14H15N3O2/c1-10-8-12(6-7-16-10)17-14(18)9-19-13-4-2-11(15)3-5-13/h2-8H,9,15H2,1H3,(H,16,17,18). The molecule has 19 heavy (non-hydrogen) atoms. The summed E-state index contributed by atoms with van der Waals surface area (Å²) in [4.78, 5) is 15.7. The maximum absolute atomic E-state index is 11.7. The number of hydrogen-bond donors (Lipinski definition) is 2. The summed E-state index contributed by atoms with van der Waals surface area (Å²) in [5, 5.41) is 2.74. The number of aryl methyl sites for hydroxylation is 1. The van der Waals surface area contributed by atoms with Crippen molar-refractivity contribution in [3.05, 3.63) is 48.3 Å². The Hall–Kier alpha value is -2.56. The van der Waals surface area contributed by atoms with Crippen molar-refractivity contribution in [1.82, 2.24) is 4.98 Å². The van der Waals surface area contributed by atoms with Crippen molar-refractivity contribution in [2.45, 2.75) is 6.92 Å². The Labute approximate surface area is 111 Å². The van der Waals surface area contributed by atoms with Crippen molar-refractivity contribution < 1.29 is 9.53 Å². The van der Waals surface area contributed by atoms with Gasteiger partial charge in [0.15, 0.2) is 6.61 Å². The molecule has 1 amide bonds. The molecule has 2 aromatic rings. The van der Waals surface area contributed by atoms with E-state index in [2.05, 4.69) is 10.3 Å². The SMILES string of the molecule is Cc1cc(NC(=O)COc2ccc(N)cc2)ccn1. The number of pyridine rings is 1. The van der Waals surface area contributed by atoms with Gasteiger partial charge in [-0.05, 0) is 43.3 Å². The molecule has 2 rings (SSSR count). The quantitative estimate of drug-likeness (QED) is 0.821. The first-order valence-electron chi connectivity index (χ1n) is 5.84. The van der Waals surface area contributed by atoms with Gasteiger partial charge in [0.2, 0.25) is 0 Å². The van der Waals surface area contributed by atoms with Gasteiger partial charge in [-0.25, -0.2) is 0 Å². The molecule has 0 atom stereocenters. The van der Waals surface area contributed by atoms with E-state index in [0.717, 1.165) is 5.69 Å². The summed E-state index contributed by atoms with van der Waals surface area (Å²) in [6, 6.07) is 10.4. The minimum absolute atomic E-state index is 0.0503. The second kappa shape index (κ2) is 5.86. The zero-order chi connectivity index (χ0) is 13.7. The van der Waals surface area contributed by atoms with Crippen LogP contribution in [-0.4, -0.2) is 17.5 Å². The molecule has 5 nitrogen and oxygen atoms in total. The van der Waals surface area contributed by atoms with Crippen LogP contribution in [0.15, 0.2) is 42.6 Å². The molecule has 0 saturated heterocycles. The number of amides is 1. The van der Waals surface area contributed by atoms with Gasteiger partial charge in [-0.2, -0.15) is 0 Å². The topological polar surface area (TPSA) is 77.2 Å². The summed E-state index contributed by atoms with van der Waals surface area (Å²) in [6.45, 7) is 1.81. The Morgan fingerprint density at radius 2 is 2.05 bits per heavy atom. The van der Waals surface area contributed by atoms with Crippen LogP contribution < -0.4 is 15.8 Å². The molecule has 5 heteroatoms. The van der Waals surface area contributed by atoms with Crippen molar-refractivity contribution >= 4 is 17.3 Å². The van der Waals surface area contributed by atoms with Crippen LogP contribution in [0.1, 0.15) is 5.69 Å². The number of nitrogen functional groups attached to an aromatic ring is 1. The molecule has 1 heterocycles. The fourth-order valence-electron chi connectivity index (χ4n) is 1.53. The third-order valence-corrected chi connectivity index (χ3v) is 2.43. The van der Waals surface area contributed by atoms with Crippen molar-refractivity contribution in [2.24, 2.45) is 0 Å². The number of benzene rings is 1. The van der Waals surface area contributed by atoms with Crippen LogP contribution >= 0.6 is 0 Å². The number of carbonyl (C=O) groups is 1. The lowest BCUT2D eigenvalue weighted by Gasteiger charge is -2.08. The van der Waals surface area contributed by atoms with Crippen LogP contribution in [0.25, 0.3) is 0 Å². The van der Waals surface area contributed by atoms with Gasteiger partial charge in [0.05, 0.1) is 0 Å². The summed E-state index contributed by atoms with van der Waals surface area (Å²) in [7, 11) is 0. The van der Waals surface area contributed by atoms with Gasteiger partial charge in [0, 0.05) is 23.3 Å². The molecule has 0 aliphatic rings. The number of nitrogens with one attached hydrogen (secondary N) is 1. The van der Waals surface area contributed by atoms with Gasteiger partial charge in [-0.3, -0.25) is 9.78 Å². The zero-order valence-corrected chi connectivity index (χ0v) is 10.6. The monoisotopic (exact) mass is 257 g/mol. The van der Waals surface area contributed by atoms with Crippen LogP contribution in [-0.2, 0) is 4.79 Å².